The number of hydrogen-bond acceptors (Lipinski definition) is 7. The number of aromatic nitrogens is 2. The smallest absolute Gasteiger partial charge is 0.224 e. The van der Waals surface area contributed by atoms with Crippen LogP contribution < -0.4 is 25.4 Å². The molecule has 33 heavy (non-hydrogen) atoms. The van der Waals surface area contributed by atoms with Gasteiger partial charge < -0.3 is 25.4 Å². The first kappa shape index (κ1) is 23.6. The molecule has 0 radical (unpaired) electrons. The zero-order valence-electron chi connectivity index (χ0n) is 20.5. The number of nitrogens with zero attached hydrogens (tertiary/aromatic N) is 2. The van der Waals surface area contributed by atoms with Gasteiger partial charge in [0.15, 0.2) is 0 Å². The number of fused-ring (bicyclic) bond motifs is 1. The van der Waals surface area contributed by atoms with Crippen LogP contribution in [-0.2, 0) is 13.0 Å². The highest BCUT2D eigenvalue weighted by atomic mass is 16.5. The van der Waals surface area contributed by atoms with Crippen molar-refractivity contribution >= 4 is 11.8 Å². The average molecular weight is 454 g/mol. The Morgan fingerprint density at radius 2 is 1.64 bits per heavy atom. The molecule has 1 aromatic carbocycles. The Hall–Kier alpha value is -2.54. The minimum atomic E-state index is 0.584. The molecule has 1 aromatic heterocycles. The highest BCUT2D eigenvalue weighted by molar-refractivity contribution is 5.53. The third-order valence-corrected chi connectivity index (χ3v) is 7.42. The molecule has 1 unspecified atom stereocenters. The van der Waals surface area contributed by atoms with E-state index in [9.17, 15) is 0 Å². The summed E-state index contributed by atoms with van der Waals surface area (Å²) in [5.74, 6) is 5.48. The van der Waals surface area contributed by atoms with E-state index in [1.807, 2.05) is 20.2 Å². The van der Waals surface area contributed by atoms with Crippen molar-refractivity contribution in [1.29, 1.82) is 0 Å². The lowest BCUT2D eigenvalue weighted by atomic mass is 9.69. The van der Waals surface area contributed by atoms with Gasteiger partial charge in [0, 0.05) is 32.3 Å². The lowest BCUT2D eigenvalue weighted by molar-refractivity contribution is 0.225. The zero-order chi connectivity index (χ0) is 23.2. The normalized spacial score (nSPS) is 22.4. The second kappa shape index (κ2) is 11.1. The minimum absolute atomic E-state index is 0.584. The van der Waals surface area contributed by atoms with Crippen molar-refractivity contribution in [2.24, 2.45) is 11.8 Å². The first-order chi connectivity index (χ1) is 16.1. The number of aryl methyl sites for hydroxylation is 1. The standard InChI is InChI=1S/C26H39N5O2/c1-27-25-24-22(6-5-7-23(24)30-26(28-2)31-25)19-10-8-17(9-11-19)15-29-16-18-12-20(32-3)14-21(13-18)33-4/h12-14,17,19,22,29H,5-11,15-16H2,1-4H3,(H2,27,28,30,31)/t17-,19+,22?. The van der Waals surface area contributed by atoms with Crippen LogP contribution in [0.15, 0.2) is 18.2 Å². The predicted octanol–water partition coefficient (Wildman–Crippen LogP) is 4.59. The van der Waals surface area contributed by atoms with Crippen LogP contribution in [-0.4, -0.2) is 44.8 Å². The number of methoxy groups -OCH3 is 2. The summed E-state index contributed by atoms with van der Waals surface area (Å²) < 4.78 is 10.8. The van der Waals surface area contributed by atoms with Crippen LogP contribution in [0.1, 0.15) is 61.3 Å². The molecule has 0 saturated heterocycles. The Labute approximate surface area is 198 Å². The van der Waals surface area contributed by atoms with Crippen molar-refractivity contribution in [2.45, 2.75) is 57.4 Å². The summed E-state index contributed by atoms with van der Waals surface area (Å²) in [6.07, 6.45) is 8.71. The fourth-order valence-corrected chi connectivity index (χ4v) is 5.69. The second-order valence-corrected chi connectivity index (χ2v) is 9.39. The fraction of sp³-hybridized carbons (Fsp3) is 0.615. The Morgan fingerprint density at radius 3 is 2.27 bits per heavy atom. The number of benzene rings is 1. The maximum absolute atomic E-state index is 5.39. The fourth-order valence-electron chi connectivity index (χ4n) is 5.69. The van der Waals surface area contributed by atoms with Crippen molar-refractivity contribution in [3.63, 3.8) is 0 Å². The van der Waals surface area contributed by atoms with Crippen LogP contribution >= 0.6 is 0 Å². The number of anilines is 2. The van der Waals surface area contributed by atoms with Gasteiger partial charge in [-0.25, -0.2) is 4.98 Å². The molecule has 7 heteroatoms. The van der Waals surface area contributed by atoms with Crippen LogP contribution in [0.5, 0.6) is 11.5 Å². The van der Waals surface area contributed by atoms with Gasteiger partial charge in [0.25, 0.3) is 0 Å². The number of hydrogen-bond donors (Lipinski definition) is 3. The van der Waals surface area contributed by atoms with Gasteiger partial charge in [-0.2, -0.15) is 4.98 Å². The van der Waals surface area contributed by atoms with E-state index in [4.69, 9.17) is 19.4 Å². The van der Waals surface area contributed by atoms with Crippen molar-refractivity contribution in [2.75, 3.05) is 45.5 Å². The van der Waals surface area contributed by atoms with E-state index in [0.717, 1.165) is 54.6 Å². The Bertz CT molecular complexity index is 888. The maximum atomic E-state index is 5.39. The van der Waals surface area contributed by atoms with Crippen LogP contribution in [0.25, 0.3) is 0 Å². The largest absolute Gasteiger partial charge is 0.497 e. The summed E-state index contributed by atoms with van der Waals surface area (Å²) in [6.45, 7) is 1.89. The summed E-state index contributed by atoms with van der Waals surface area (Å²) in [5.41, 5.74) is 3.82. The first-order valence-corrected chi connectivity index (χ1v) is 12.3. The van der Waals surface area contributed by atoms with Crippen LogP contribution in [0.3, 0.4) is 0 Å². The zero-order valence-corrected chi connectivity index (χ0v) is 20.5. The molecular formula is C26H39N5O2. The molecule has 4 rings (SSSR count). The summed E-state index contributed by atoms with van der Waals surface area (Å²) in [4.78, 5) is 9.52. The molecule has 1 heterocycles. The molecule has 2 aromatic rings. The number of ether oxygens (including phenoxy) is 2. The molecule has 1 atom stereocenters. The molecule has 0 spiro atoms. The lowest BCUT2D eigenvalue weighted by Crippen LogP contribution is -2.29. The molecule has 1 fully saturated rings. The lowest BCUT2D eigenvalue weighted by Gasteiger charge is -2.37. The topological polar surface area (TPSA) is 80.3 Å². The Kier molecular flexibility index (Phi) is 7.91. The van der Waals surface area contributed by atoms with E-state index >= 15 is 0 Å². The first-order valence-electron chi connectivity index (χ1n) is 12.3. The van der Waals surface area contributed by atoms with Crippen molar-refractivity contribution < 1.29 is 9.47 Å². The molecule has 3 N–H and O–H groups in total. The van der Waals surface area contributed by atoms with Gasteiger partial charge in [-0.05, 0) is 86.9 Å². The maximum Gasteiger partial charge on any atom is 0.224 e. The molecule has 0 amide bonds. The van der Waals surface area contributed by atoms with E-state index in [0.29, 0.717) is 5.92 Å². The van der Waals surface area contributed by atoms with Gasteiger partial charge in [-0.15, -0.1) is 0 Å². The molecule has 2 aliphatic carbocycles. The molecule has 7 nitrogen and oxygen atoms in total. The Balaban J connectivity index is 1.32. The second-order valence-electron chi connectivity index (χ2n) is 9.39. The van der Waals surface area contributed by atoms with Gasteiger partial charge in [0.2, 0.25) is 5.95 Å². The number of nitrogens with one attached hydrogen (secondary N) is 3. The van der Waals surface area contributed by atoms with Crippen molar-refractivity contribution in [3.05, 3.63) is 35.0 Å². The highest BCUT2D eigenvalue weighted by Crippen LogP contribution is 2.46. The molecule has 2 aliphatic rings. The van der Waals surface area contributed by atoms with Crippen LogP contribution in [0.4, 0.5) is 11.8 Å². The molecule has 1 saturated carbocycles. The molecular weight excluding hydrogens is 414 g/mol. The van der Waals surface area contributed by atoms with Crippen LogP contribution in [0, 0.1) is 11.8 Å². The van der Waals surface area contributed by atoms with Crippen molar-refractivity contribution in [3.8, 4) is 11.5 Å². The number of rotatable bonds is 9. The van der Waals surface area contributed by atoms with Gasteiger partial charge in [-0.3, -0.25) is 0 Å². The van der Waals surface area contributed by atoms with E-state index in [1.165, 1.54) is 55.3 Å². The van der Waals surface area contributed by atoms with Gasteiger partial charge in [0.1, 0.15) is 17.3 Å². The van der Waals surface area contributed by atoms with Gasteiger partial charge >= 0.3 is 0 Å². The third-order valence-electron chi connectivity index (χ3n) is 7.42. The van der Waals surface area contributed by atoms with E-state index < -0.39 is 0 Å². The monoisotopic (exact) mass is 453 g/mol. The molecule has 180 valence electrons. The van der Waals surface area contributed by atoms with E-state index in [2.05, 4.69) is 28.1 Å². The SMILES string of the molecule is CNc1nc2c(c(NC)n1)C([C@H]1CC[C@@H](CNCc3cc(OC)cc(OC)c3)CC1)CCC2. The quantitative estimate of drug-likeness (QED) is 0.512. The van der Waals surface area contributed by atoms with Crippen molar-refractivity contribution in [1.82, 2.24) is 15.3 Å². The Morgan fingerprint density at radius 1 is 0.909 bits per heavy atom. The molecule has 0 aliphatic heterocycles. The van der Waals surface area contributed by atoms with E-state index in [-0.39, 0.29) is 0 Å². The minimum Gasteiger partial charge on any atom is -0.497 e. The summed E-state index contributed by atoms with van der Waals surface area (Å²) in [6, 6.07) is 6.07. The summed E-state index contributed by atoms with van der Waals surface area (Å²) in [5, 5.41) is 10.1. The highest BCUT2D eigenvalue weighted by Gasteiger charge is 2.34. The summed E-state index contributed by atoms with van der Waals surface area (Å²) in [7, 11) is 7.26. The predicted molar refractivity (Wildman–Crippen MR) is 134 cm³/mol. The van der Waals surface area contributed by atoms with Crippen LogP contribution in [0.2, 0.25) is 0 Å². The van der Waals surface area contributed by atoms with Gasteiger partial charge in [0.05, 0.1) is 19.9 Å². The summed E-state index contributed by atoms with van der Waals surface area (Å²) >= 11 is 0. The van der Waals surface area contributed by atoms with Gasteiger partial charge in [-0.1, -0.05) is 0 Å². The average Bonchev–Trinajstić information content (AvgIpc) is 2.87. The molecule has 0 bridgehead atoms. The third kappa shape index (κ3) is 5.52. The van der Waals surface area contributed by atoms with E-state index in [1.54, 1.807) is 14.2 Å².